The van der Waals surface area contributed by atoms with E-state index in [4.69, 9.17) is 24.7 Å². The van der Waals surface area contributed by atoms with Crippen LogP contribution in [0.4, 0.5) is 5.82 Å². The van der Waals surface area contributed by atoms with E-state index < -0.39 is 36.1 Å². The van der Waals surface area contributed by atoms with Crippen molar-refractivity contribution >= 4 is 17.8 Å². The number of nitrogens with zero attached hydrogens (tertiary/aromatic N) is 2. The fourth-order valence-corrected chi connectivity index (χ4v) is 2.55. The van der Waals surface area contributed by atoms with Gasteiger partial charge in [-0.3, -0.25) is 14.2 Å². The van der Waals surface area contributed by atoms with E-state index in [0.29, 0.717) is 5.56 Å². The first kappa shape index (κ1) is 18.9. The zero-order valence-electron chi connectivity index (χ0n) is 14.3. The fourth-order valence-electron chi connectivity index (χ4n) is 2.55. The Balaban J connectivity index is 2.24. The normalized spacial score (nSPS) is 22.6. The summed E-state index contributed by atoms with van der Waals surface area (Å²) in [7, 11) is 1.49. The molecule has 1 aliphatic rings. The quantitative estimate of drug-likeness (QED) is 0.686. The molecule has 1 fully saturated rings. The summed E-state index contributed by atoms with van der Waals surface area (Å²) < 4.78 is 22.2. The highest BCUT2D eigenvalue weighted by Crippen LogP contribution is 2.30. The van der Waals surface area contributed by atoms with E-state index in [1.807, 2.05) is 0 Å². The van der Waals surface area contributed by atoms with Crippen LogP contribution < -0.4 is 11.4 Å². The number of hydrogen-bond donors (Lipinski definition) is 1. The second-order valence-corrected chi connectivity index (χ2v) is 5.59. The first-order valence-corrected chi connectivity index (χ1v) is 7.64. The van der Waals surface area contributed by atoms with Crippen molar-refractivity contribution in [3.63, 3.8) is 0 Å². The molecule has 0 aromatic carbocycles. The monoisotopic (exact) mass is 355 g/mol. The van der Waals surface area contributed by atoms with Crippen molar-refractivity contribution < 1.29 is 28.5 Å². The molecule has 0 radical (unpaired) electrons. The van der Waals surface area contributed by atoms with Gasteiger partial charge in [-0.15, -0.1) is 0 Å². The highest BCUT2D eigenvalue weighted by atomic mass is 16.6. The summed E-state index contributed by atoms with van der Waals surface area (Å²) in [6, 6.07) is 0. The van der Waals surface area contributed by atoms with Crippen LogP contribution in [0.5, 0.6) is 0 Å². The van der Waals surface area contributed by atoms with E-state index in [0.717, 1.165) is 0 Å². The number of hydrogen-bond acceptors (Lipinski definition) is 9. The summed E-state index contributed by atoms with van der Waals surface area (Å²) in [5, 5.41) is 0. The lowest BCUT2D eigenvalue weighted by molar-refractivity contribution is -0.155. The maximum Gasteiger partial charge on any atom is 0.351 e. The van der Waals surface area contributed by atoms with E-state index >= 15 is 0 Å². The average molecular weight is 355 g/mol. The standard InChI is InChI=1S/C15H21N3O7/c1-8(19)23-7-12-11(24-9(2)20)4-13(25-12)18-5-10(6-22-3)14(16)17-15(18)21/h5,11-13H,4,6-7H2,1-3H3,(H2,16,17,21)/t11-,12+,13+/m0/s1. The Morgan fingerprint density at radius 2 is 2.12 bits per heavy atom. The van der Waals surface area contributed by atoms with Crippen LogP contribution in [0.2, 0.25) is 0 Å². The van der Waals surface area contributed by atoms with Crippen molar-refractivity contribution in [1.29, 1.82) is 0 Å². The van der Waals surface area contributed by atoms with Gasteiger partial charge in [0.25, 0.3) is 0 Å². The molecule has 0 amide bonds. The molecule has 0 unspecified atom stereocenters. The van der Waals surface area contributed by atoms with Crippen LogP contribution in [-0.2, 0) is 35.1 Å². The molecule has 10 nitrogen and oxygen atoms in total. The molecule has 138 valence electrons. The van der Waals surface area contributed by atoms with Gasteiger partial charge in [-0.2, -0.15) is 4.98 Å². The predicted octanol–water partition coefficient (Wildman–Crippen LogP) is -0.246. The third-order valence-corrected chi connectivity index (χ3v) is 3.62. The van der Waals surface area contributed by atoms with Crippen LogP contribution in [-0.4, -0.2) is 47.4 Å². The molecular weight excluding hydrogens is 334 g/mol. The lowest BCUT2D eigenvalue weighted by Crippen LogP contribution is -2.31. The SMILES string of the molecule is COCc1cn([C@H]2C[C@H](OC(C)=O)[C@@H](COC(C)=O)O2)c(=O)nc1N. The van der Waals surface area contributed by atoms with Crippen LogP contribution >= 0.6 is 0 Å². The molecule has 1 aliphatic heterocycles. The molecule has 1 aromatic rings. The number of rotatable bonds is 6. The molecule has 0 aliphatic carbocycles. The number of nitrogens with two attached hydrogens (primary N) is 1. The summed E-state index contributed by atoms with van der Waals surface area (Å²) >= 11 is 0. The first-order valence-electron chi connectivity index (χ1n) is 7.64. The summed E-state index contributed by atoms with van der Waals surface area (Å²) in [4.78, 5) is 38.2. The Kier molecular flexibility index (Phi) is 6.10. The first-order chi connectivity index (χ1) is 11.8. The van der Waals surface area contributed by atoms with Crippen molar-refractivity contribution in [3.05, 3.63) is 22.2 Å². The van der Waals surface area contributed by atoms with Gasteiger partial charge in [0.1, 0.15) is 30.9 Å². The maximum absolute atomic E-state index is 12.1. The maximum atomic E-state index is 12.1. The van der Waals surface area contributed by atoms with Gasteiger partial charge < -0.3 is 24.7 Å². The third kappa shape index (κ3) is 4.77. The van der Waals surface area contributed by atoms with Crippen LogP contribution in [0.15, 0.2) is 11.0 Å². The number of methoxy groups -OCH3 is 1. The van der Waals surface area contributed by atoms with Gasteiger partial charge in [-0.05, 0) is 0 Å². The van der Waals surface area contributed by atoms with E-state index in [2.05, 4.69) is 4.98 Å². The topological polar surface area (TPSA) is 132 Å². The molecule has 3 atom stereocenters. The summed E-state index contributed by atoms with van der Waals surface area (Å²) in [5.74, 6) is -0.902. The highest BCUT2D eigenvalue weighted by molar-refractivity contribution is 5.66. The molecule has 10 heteroatoms. The fraction of sp³-hybridized carbons (Fsp3) is 0.600. The highest BCUT2D eigenvalue weighted by Gasteiger charge is 2.39. The minimum absolute atomic E-state index is 0.0779. The largest absolute Gasteiger partial charge is 0.463 e. The van der Waals surface area contributed by atoms with Gasteiger partial charge >= 0.3 is 17.6 Å². The van der Waals surface area contributed by atoms with Crippen LogP contribution in [0, 0.1) is 0 Å². The smallest absolute Gasteiger partial charge is 0.351 e. The molecule has 2 rings (SSSR count). The van der Waals surface area contributed by atoms with Gasteiger partial charge in [0, 0.05) is 39.1 Å². The van der Waals surface area contributed by atoms with Crippen LogP contribution in [0.1, 0.15) is 32.1 Å². The zero-order valence-corrected chi connectivity index (χ0v) is 14.3. The van der Waals surface area contributed by atoms with Gasteiger partial charge in [0.2, 0.25) is 0 Å². The Bertz CT molecular complexity index is 703. The minimum Gasteiger partial charge on any atom is -0.463 e. The number of nitrogen functional groups attached to an aromatic ring is 1. The Hall–Kier alpha value is -2.46. The minimum atomic E-state index is -0.735. The Morgan fingerprint density at radius 1 is 1.40 bits per heavy atom. The van der Waals surface area contributed by atoms with Gasteiger partial charge in [-0.25, -0.2) is 4.79 Å². The van der Waals surface area contributed by atoms with Crippen molar-refractivity contribution in [1.82, 2.24) is 9.55 Å². The lowest BCUT2D eigenvalue weighted by Gasteiger charge is -2.18. The third-order valence-electron chi connectivity index (χ3n) is 3.62. The molecule has 0 bridgehead atoms. The number of esters is 2. The molecule has 0 spiro atoms. The van der Waals surface area contributed by atoms with Crippen LogP contribution in [0.25, 0.3) is 0 Å². The molecule has 2 heterocycles. The lowest BCUT2D eigenvalue weighted by atomic mass is 10.2. The van der Waals surface area contributed by atoms with E-state index in [-0.39, 0.29) is 25.5 Å². The Labute approximate surface area is 143 Å². The molecule has 25 heavy (non-hydrogen) atoms. The van der Waals surface area contributed by atoms with E-state index in [1.54, 1.807) is 0 Å². The number of carbonyl (C=O) groups excluding carboxylic acids is 2. The second-order valence-electron chi connectivity index (χ2n) is 5.59. The molecule has 0 saturated carbocycles. The number of carbonyl (C=O) groups is 2. The Morgan fingerprint density at radius 3 is 2.72 bits per heavy atom. The molecule has 1 aromatic heterocycles. The van der Waals surface area contributed by atoms with Crippen LogP contribution in [0.3, 0.4) is 0 Å². The van der Waals surface area contributed by atoms with E-state index in [1.165, 1.54) is 31.7 Å². The number of aromatic nitrogens is 2. The molecule has 1 saturated heterocycles. The van der Waals surface area contributed by atoms with Crippen molar-refractivity contribution in [3.8, 4) is 0 Å². The number of anilines is 1. The van der Waals surface area contributed by atoms with Crippen molar-refractivity contribution in [2.45, 2.75) is 45.3 Å². The zero-order chi connectivity index (χ0) is 18.6. The van der Waals surface area contributed by atoms with Crippen molar-refractivity contribution in [2.24, 2.45) is 0 Å². The van der Waals surface area contributed by atoms with Gasteiger partial charge in [-0.1, -0.05) is 0 Å². The molecule has 2 N–H and O–H groups in total. The van der Waals surface area contributed by atoms with Gasteiger partial charge in [0.15, 0.2) is 0 Å². The average Bonchev–Trinajstić information content (AvgIpc) is 2.90. The molecular formula is C15H21N3O7. The summed E-state index contributed by atoms with van der Waals surface area (Å²) in [6.45, 7) is 2.62. The number of ether oxygens (including phenoxy) is 4. The predicted molar refractivity (Wildman–Crippen MR) is 84.3 cm³/mol. The second kappa shape index (κ2) is 8.08. The van der Waals surface area contributed by atoms with E-state index in [9.17, 15) is 14.4 Å². The summed E-state index contributed by atoms with van der Waals surface area (Å²) in [6.07, 6.45) is -0.368. The summed E-state index contributed by atoms with van der Waals surface area (Å²) in [5.41, 5.74) is 5.63. The van der Waals surface area contributed by atoms with Crippen molar-refractivity contribution in [2.75, 3.05) is 19.5 Å². The van der Waals surface area contributed by atoms with Gasteiger partial charge in [0.05, 0.1) is 6.61 Å².